The number of primary amides is 1. The largest absolute Gasteiger partial charge is 0.365 e. The number of thiophene rings is 1. The number of fused-ring (bicyclic) bond motifs is 1. The number of nitrogens with two attached hydrogens (primary N) is 1. The number of aromatic nitrogens is 2. The standard InChI is InChI=1S/C20H22N4O3S/c1-3-4-5-13-6-8-14(9-7-13)23-15(25)10-24-11-22-19-16(20(24)27)12(2)17(28-19)18(21)26/h6-9,11H,3-5,10H2,1-2H3,(H2,21,26)(H,23,25). The average molecular weight is 398 g/mol. The second kappa shape index (κ2) is 8.35. The smallest absolute Gasteiger partial charge is 0.262 e. The van der Waals surface area contributed by atoms with Gasteiger partial charge in [-0.15, -0.1) is 11.3 Å². The first kappa shape index (κ1) is 19.8. The van der Waals surface area contributed by atoms with Gasteiger partial charge in [0.1, 0.15) is 11.4 Å². The second-order valence-corrected chi connectivity index (χ2v) is 7.63. The van der Waals surface area contributed by atoms with E-state index in [1.54, 1.807) is 6.92 Å². The maximum absolute atomic E-state index is 12.7. The van der Waals surface area contributed by atoms with Gasteiger partial charge in [-0.1, -0.05) is 25.5 Å². The molecule has 0 atom stereocenters. The number of hydrogen-bond acceptors (Lipinski definition) is 5. The van der Waals surface area contributed by atoms with Crippen LogP contribution < -0.4 is 16.6 Å². The Morgan fingerprint density at radius 1 is 1.25 bits per heavy atom. The highest BCUT2D eigenvalue weighted by atomic mass is 32.1. The van der Waals surface area contributed by atoms with E-state index in [-0.39, 0.29) is 18.0 Å². The molecule has 1 aromatic carbocycles. The number of anilines is 1. The molecule has 146 valence electrons. The van der Waals surface area contributed by atoms with Crippen LogP contribution in [0.25, 0.3) is 10.2 Å². The Bertz CT molecular complexity index is 1080. The molecule has 0 saturated carbocycles. The molecule has 2 aromatic heterocycles. The summed E-state index contributed by atoms with van der Waals surface area (Å²) in [4.78, 5) is 41.5. The topological polar surface area (TPSA) is 107 Å². The van der Waals surface area contributed by atoms with Crippen LogP contribution >= 0.6 is 11.3 Å². The van der Waals surface area contributed by atoms with Crippen LogP contribution in [0.3, 0.4) is 0 Å². The van der Waals surface area contributed by atoms with Crippen molar-refractivity contribution in [1.29, 1.82) is 0 Å². The lowest BCUT2D eigenvalue weighted by atomic mass is 10.1. The summed E-state index contributed by atoms with van der Waals surface area (Å²) in [7, 11) is 0. The predicted molar refractivity (Wildman–Crippen MR) is 111 cm³/mol. The van der Waals surface area contributed by atoms with E-state index in [1.807, 2.05) is 24.3 Å². The SMILES string of the molecule is CCCCc1ccc(NC(=O)Cn2cnc3sc(C(N)=O)c(C)c3c2=O)cc1. The highest BCUT2D eigenvalue weighted by Gasteiger charge is 2.18. The molecule has 8 heteroatoms. The highest BCUT2D eigenvalue weighted by Crippen LogP contribution is 2.26. The maximum atomic E-state index is 12.7. The van der Waals surface area contributed by atoms with Crippen molar-refractivity contribution >= 4 is 39.1 Å². The van der Waals surface area contributed by atoms with E-state index in [2.05, 4.69) is 17.2 Å². The molecular weight excluding hydrogens is 376 g/mol. The van der Waals surface area contributed by atoms with E-state index in [9.17, 15) is 14.4 Å². The van der Waals surface area contributed by atoms with Crippen molar-refractivity contribution in [3.05, 3.63) is 57.0 Å². The summed E-state index contributed by atoms with van der Waals surface area (Å²) >= 11 is 1.08. The van der Waals surface area contributed by atoms with Crippen molar-refractivity contribution in [2.45, 2.75) is 39.7 Å². The van der Waals surface area contributed by atoms with Crippen molar-refractivity contribution < 1.29 is 9.59 Å². The number of rotatable bonds is 7. The van der Waals surface area contributed by atoms with E-state index in [0.29, 0.717) is 26.3 Å². The van der Waals surface area contributed by atoms with Crippen LogP contribution in [0.2, 0.25) is 0 Å². The summed E-state index contributed by atoms with van der Waals surface area (Å²) in [5.74, 6) is -0.917. The Balaban J connectivity index is 1.76. The first-order chi connectivity index (χ1) is 13.4. The van der Waals surface area contributed by atoms with Crippen LogP contribution in [0, 0.1) is 6.92 Å². The number of hydrogen-bond donors (Lipinski definition) is 2. The third-order valence-electron chi connectivity index (χ3n) is 4.51. The van der Waals surface area contributed by atoms with Gasteiger partial charge in [0.25, 0.3) is 11.5 Å². The summed E-state index contributed by atoms with van der Waals surface area (Å²) in [6, 6.07) is 7.70. The van der Waals surface area contributed by atoms with Gasteiger partial charge >= 0.3 is 0 Å². The van der Waals surface area contributed by atoms with Crippen LogP contribution in [-0.4, -0.2) is 21.4 Å². The molecule has 0 unspecified atom stereocenters. The van der Waals surface area contributed by atoms with Crippen LogP contribution in [0.1, 0.15) is 40.6 Å². The molecule has 0 bridgehead atoms. The molecule has 0 aliphatic carbocycles. The lowest BCUT2D eigenvalue weighted by Crippen LogP contribution is -2.28. The number of carbonyl (C=O) groups excluding carboxylic acids is 2. The number of carbonyl (C=O) groups is 2. The Hall–Kier alpha value is -3.00. The van der Waals surface area contributed by atoms with Crippen LogP contribution in [-0.2, 0) is 17.8 Å². The molecule has 7 nitrogen and oxygen atoms in total. The minimum absolute atomic E-state index is 0.166. The van der Waals surface area contributed by atoms with Crippen molar-refractivity contribution in [3.63, 3.8) is 0 Å². The molecule has 0 aliphatic heterocycles. The van der Waals surface area contributed by atoms with Gasteiger partial charge in [0.15, 0.2) is 0 Å². The number of nitrogens with one attached hydrogen (secondary N) is 1. The van der Waals surface area contributed by atoms with Crippen LogP contribution in [0.15, 0.2) is 35.4 Å². The zero-order valence-corrected chi connectivity index (χ0v) is 16.6. The van der Waals surface area contributed by atoms with E-state index in [4.69, 9.17) is 5.73 Å². The number of unbranched alkanes of at least 4 members (excludes halogenated alkanes) is 1. The zero-order valence-electron chi connectivity index (χ0n) is 15.8. The van der Waals surface area contributed by atoms with Gasteiger partial charge in [0, 0.05) is 5.69 Å². The van der Waals surface area contributed by atoms with Crippen LogP contribution in [0.4, 0.5) is 5.69 Å². The van der Waals surface area contributed by atoms with E-state index in [0.717, 1.165) is 30.6 Å². The van der Waals surface area contributed by atoms with Gasteiger partial charge in [0.2, 0.25) is 5.91 Å². The number of aryl methyl sites for hydroxylation is 2. The lowest BCUT2D eigenvalue weighted by Gasteiger charge is -2.08. The fraction of sp³-hybridized carbons (Fsp3) is 0.300. The molecule has 0 radical (unpaired) electrons. The minimum atomic E-state index is -0.591. The van der Waals surface area contributed by atoms with Gasteiger partial charge in [0.05, 0.1) is 16.6 Å². The molecular formula is C20H22N4O3S. The molecule has 28 heavy (non-hydrogen) atoms. The summed E-state index contributed by atoms with van der Waals surface area (Å²) in [5.41, 5.74) is 7.38. The molecule has 2 heterocycles. The second-order valence-electron chi connectivity index (χ2n) is 6.63. The van der Waals surface area contributed by atoms with Crippen molar-refractivity contribution in [3.8, 4) is 0 Å². The van der Waals surface area contributed by atoms with Crippen LogP contribution in [0.5, 0.6) is 0 Å². The quantitative estimate of drug-likeness (QED) is 0.638. The Kier molecular flexibility index (Phi) is 5.89. The molecule has 3 aromatic rings. The third-order valence-corrected chi connectivity index (χ3v) is 5.73. The monoisotopic (exact) mass is 398 g/mol. The summed E-state index contributed by atoms with van der Waals surface area (Å²) in [6.45, 7) is 3.64. The van der Waals surface area contributed by atoms with Gasteiger partial charge < -0.3 is 11.1 Å². The highest BCUT2D eigenvalue weighted by molar-refractivity contribution is 7.20. The van der Waals surface area contributed by atoms with Gasteiger partial charge in [-0.2, -0.15) is 0 Å². The van der Waals surface area contributed by atoms with E-state index in [1.165, 1.54) is 16.5 Å². The van der Waals surface area contributed by atoms with Crippen molar-refractivity contribution in [1.82, 2.24) is 9.55 Å². The Morgan fingerprint density at radius 2 is 1.96 bits per heavy atom. The normalized spacial score (nSPS) is 10.9. The summed E-state index contributed by atoms with van der Waals surface area (Å²) in [6.07, 6.45) is 4.59. The molecule has 3 N–H and O–H groups in total. The molecule has 0 saturated heterocycles. The van der Waals surface area contributed by atoms with Crippen molar-refractivity contribution in [2.24, 2.45) is 5.73 Å². The van der Waals surface area contributed by atoms with Gasteiger partial charge in [-0.25, -0.2) is 4.98 Å². The van der Waals surface area contributed by atoms with E-state index < -0.39 is 5.91 Å². The number of amides is 2. The number of benzene rings is 1. The molecule has 0 aliphatic rings. The van der Waals surface area contributed by atoms with E-state index >= 15 is 0 Å². The summed E-state index contributed by atoms with van der Waals surface area (Å²) < 4.78 is 1.23. The van der Waals surface area contributed by atoms with Gasteiger partial charge in [-0.05, 0) is 43.0 Å². The van der Waals surface area contributed by atoms with Crippen molar-refractivity contribution in [2.75, 3.05) is 5.32 Å². The molecule has 2 amide bonds. The minimum Gasteiger partial charge on any atom is -0.365 e. The molecule has 0 fully saturated rings. The summed E-state index contributed by atoms with van der Waals surface area (Å²) in [5, 5.41) is 3.12. The maximum Gasteiger partial charge on any atom is 0.262 e. The Labute approximate surface area is 166 Å². The average Bonchev–Trinajstić information content (AvgIpc) is 3.01. The first-order valence-electron chi connectivity index (χ1n) is 9.07. The fourth-order valence-electron chi connectivity index (χ4n) is 3.00. The zero-order chi connectivity index (χ0) is 20.3. The molecule has 0 spiro atoms. The molecule has 3 rings (SSSR count). The lowest BCUT2D eigenvalue weighted by molar-refractivity contribution is -0.116. The fourth-order valence-corrected chi connectivity index (χ4v) is 3.99. The third kappa shape index (κ3) is 4.12. The van der Waals surface area contributed by atoms with Gasteiger partial charge in [-0.3, -0.25) is 19.0 Å². The first-order valence-corrected chi connectivity index (χ1v) is 9.89. The predicted octanol–water partition coefficient (Wildman–Crippen LogP) is 2.85. The Morgan fingerprint density at radius 3 is 2.61 bits per heavy atom. The number of nitrogens with zero attached hydrogens (tertiary/aromatic N) is 2.